The average Bonchev–Trinajstić information content (AvgIpc) is 2.26. The number of nitrogens with one attached hydrogen (secondary N) is 1. The maximum atomic E-state index is 11.8. The molecule has 0 aliphatic heterocycles. The maximum absolute atomic E-state index is 11.8. The van der Waals surface area contributed by atoms with Gasteiger partial charge in [0.05, 0.1) is 5.75 Å². The van der Waals surface area contributed by atoms with Crippen LogP contribution >= 0.6 is 11.6 Å². The second-order valence-electron chi connectivity index (χ2n) is 3.89. The Bertz CT molecular complexity index is 268. The van der Waals surface area contributed by atoms with Crippen molar-refractivity contribution in [2.24, 2.45) is 0 Å². The van der Waals surface area contributed by atoms with Gasteiger partial charge in [-0.2, -0.15) is 0 Å². The van der Waals surface area contributed by atoms with E-state index in [1.807, 2.05) is 13.8 Å². The Balaban J connectivity index is 4.42. The van der Waals surface area contributed by atoms with Crippen LogP contribution in [0.3, 0.4) is 0 Å². The van der Waals surface area contributed by atoms with Crippen molar-refractivity contribution in [3.05, 3.63) is 0 Å². The molecule has 6 heteroatoms. The maximum Gasteiger partial charge on any atom is 0.212 e. The highest BCUT2D eigenvalue weighted by Crippen LogP contribution is 2.18. The molecule has 0 bridgehead atoms. The third kappa shape index (κ3) is 5.48. The van der Waals surface area contributed by atoms with Gasteiger partial charge in [-0.25, -0.2) is 13.1 Å². The van der Waals surface area contributed by atoms with Gasteiger partial charge in [0.1, 0.15) is 0 Å². The van der Waals surface area contributed by atoms with E-state index >= 15 is 0 Å². The smallest absolute Gasteiger partial charge is 0.212 e. The summed E-state index contributed by atoms with van der Waals surface area (Å²) in [5.41, 5.74) is -0.506. The summed E-state index contributed by atoms with van der Waals surface area (Å²) in [4.78, 5) is 0. The van der Waals surface area contributed by atoms with E-state index in [2.05, 4.69) is 4.72 Å². The molecule has 0 rings (SSSR count). The normalized spacial score (nSPS) is 13.0. The van der Waals surface area contributed by atoms with Gasteiger partial charge >= 0.3 is 0 Å². The Morgan fingerprint density at radius 1 is 1.31 bits per heavy atom. The standard InChI is InChI=1S/C10H22ClNO3S/c1-4-10(5-2,9-11)12-16(13,14)8-6-7-15-3/h12H,4-9H2,1-3H3. The molecule has 16 heavy (non-hydrogen) atoms. The summed E-state index contributed by atoms with van der Waals surface area (Å²) in [5.74, 6) is 0.378. The fourth-order valence-corrected chi connectivity index (χ4v) is 3.53. The number of hydrogen-bond donors (Lipinski definition) is 1. The highest BCUT2D eigenvalue weighted by atomic mass is 35.5. The van der Waals surface area contributed by atoms with Crippen molar-refractivity contribution < 1.29 is 13.2 Å². The summed E-state index contributed by atoms with van der Waals surface area (Å²) in [6.07, 6.45) is 1.88. The van der Waals surface area contributed by atoms with E-state index in [0.29, 0.717) is 31.7 Å². The molecule has 0 aromatic carbocycles. The predicted molar refractivity (Wildman–Crippen MR) is 67.4 cm³/mol. The van der Waals surface area contributed by atoms with Crippen molar-refractivity contribution in [1.82, 2.24) is 4.72 Å². The molecule has 0 aromatic heterocycles. The second kappa shape index (κ2) is 7.48. The molecule has 0 radical (unpaired) electrons. The number of alkyl halides is 1. The predicted octanol–water partition coefficient (Wildman–Crippen LogP) is 1.74. The zero-order valence-electron chi connectivity index (χ0n) is 10.3. The van der Waals surface area contributed by atoms with Crippen molar-refractivity contribution in [3.63, 3.8) is 0 Å². The quantitative estimate of drug-likeness (QED) is 0.513. The van der Waals surface area contributed by atoms with Gasteiger partial charge in [0.15, 0.2) is 0 Å². The van der Waals surface area contributed by atoms with Crippen LogP contribution in [0.25, 0.3) is 0 Å². The van der Waals surface area contributed by atoms with Crippen LogP contribution in [0.1, 0.15) is 33.1 Å². The molecule has 0 spiro atoms. The zero-order chi connectivity index (χ0) is 12.7. The zero-order valence-corrected chi connectivity index (χ0v) is 11.8. The Kier molecular flexibility index (Phi) is 7.55. The third-order valence-corrected chi connectivity index (χ3v) is 4.82. The number of sulfonamides is 1. The molecule has 0 saturated carbocycles. The van der Waals surface area contributed by atoms with Crippen molar-refractivity contribution >= 4 is 21.6 Å². The molecule has 0 aliphatic rings. The molecule has 1 N–H and O–H groups in total. The van der Waals surface area contributed by atoms with Crippen molar-refractivity contribution in [2.75, 3.05) is 25.3 Å². The van der Waals surface area contributed by atoms with Crippen LogP contribution in [0.2, 0.25) is 0 Å². The van der Waals surface area contributed by atoms with Gasteiger partial charge in [0, 0.05) is 25.1 Å². The van der Waals surface area contributed by atoms with Gasteiger partial charge in [-0.05, 0) is 19.3 Å². The van der Waals surface area contributed by atoms with Gasteiger partial charge in [-0.15, -0.1) is 11.6 Å². The van der Waals surface area contributed by atoms with E-state index in [-0.39, 0.29) is 5.75 Å². The molecule has 0 aromatic rings. The molecule has 0 aliphatic carbocycles. The van der Waals surface area contributed by atoms with Gasteiger partial charge in [-0.3, -0.25) is 0 Å². The molecular weight excluding hydrogens is 250 g/mol. The van der Waals surface area contributed by atoms with Crippen LogP contribution in [0, 0.1) is 0 Å². The van der Waals surface area contributed by atoms with E-state index in [9.17, 15) is 8.42 Å². The first-order chi connectivity index (χ1) is 7.45. The number of hydrogen-bond acceptors (Lipinski definition) is 3. The molecule has 98 valence electrons. The van der Waals surface area contributed by atoms with Crippen molar-refractivity contribution in [2.45, 2.75) is 38.6 Å². The van der Waals surface area contributed by atoms with Crippen LogP contribution in [-0.2, 0) is 14.8 Å². The molecule has 4 nitrogen and oxygen atoms in total. The summed E-state index contributed by atoms with van der Waals surface area (Å²) in [6.45, 7) is 4.32. The number of ether oxygens (including phenoxy) is 1. The van der Waals surface area contributed by atoms with Crippen molar-refractivity contribution in [3.8, 4) is 0 Å². The summed E-state index contributed by atoms with van der Waals surface area (Å²) in [6, 6.07) is 0. The molecule has 0 heterocycles. The highest BCUT2D eigenvalue weighted by molar-refractivity contribution is 7.89. The monoisotopic (exact) mass is 271 g/mol. The number of halogens is 1. The summed E-state index contributed by atoms with van der Waals surface area (Å²) < 4.78 is 31.1. The first-order valence-electron chi connectivity index (χ1n) is 5.52. The van der Waals surface area contributed by atoms with Crippen LogP contribution < -0.4 is 4.72 Å². The first kappa shape index (κ1) is 16.2. The van der Waals surface area contributed by atoms with E-state index in [1.54, 1.807) is 7.11 Å². The Morgan fingerprint density at radius 3 is 2.25 bits per heavy atom. The van der Waals surface area contributed by atoms with Gasteiger partial charge in [0.2, 0.25) is 10.0 Å². The average molecular weight is 272 g/mol. The van der Waals surface area contributed by atoms with Gasteiger partial charge in [0.25, 0.3) is 0 Å². The van der Waals surface area contributed by atoms with Gasteiger partial charge in [-0.1, -0.05) is 13.8 Å². The largest absolute Gasteiger partial charge is 0.385 e. The highest BCUT2D eigenvalue weighted by Gasteiger charge is 2.29. The lowest BCUT2D eigenvalue weighted by Gasteiger charge is -2.30. The minimum absolute atomic E-state index is 0.0828. The lowest BCUT2D eigenvalue weighted by atomic mass is 9.97. The minimum Gasteiger partial charge on any atom is -0.385 e. The van der Waals surface area contributed by atoms with Crippen LogP contribution in [-0.4, -0.2) is 39.3 Å². The van der Waals surface area contributed by atoms with Crippen LogP contribution in [0.5, 0.6) is 0 Å². The second-order valence-corrected chi connectivity index (χ2v) is 6.00. The fourth-order valence-electron chi connectivity index (χ4n) is 1.38. The topological polar surface area (TPSA) is 55.4 Å². The summed E-state index contributed by atoms with van der Waals surface area (Å²) in [7, 11) is -1.71. The lowest BCUT2D eigenvalue weighted by Crippen LogP contribution is -2.49. The molecule has 0 amide bonds. The summed E-state index contributed by atoms with van der Waals surface area (Å²) in [5, 5.41) is 0. The van der Waals surface area contributed by atoms with E-state index in [1.165, 1.54) is 0 Å². The first-order valence-corrected chi connectivity index (χ1v) is 7.70. The Labute approximate surface area is 104 Å². The minimum atomic E-state index is -3.26. The SMILES string of the molecule is CCC(CC)(CCl)NS(=O)(=O)CCCOC. The van der Waals surface area contributed by atoms with E-state index < -0.39 is 15.6 Å². The molecular formula is C10H22ClNO3S. The number of rotatable bonds is 9. The van der Waals surface area contributed by atoms with Crippen LogP contribution in [0.4, 0.5) is 0 Å². The van der Waals surface area contributed by atoms with Crippen LogP contribution in [0.15, 0.2) is 0 Å². The fraction of sp³-hybridized carbons (Fsp3) is 1.00. The molecule has 0 atom stereocenters. The Hall–Kier alpha value is 0.160. The third-order valence-electron chi connectivity index (χ3n) is 2.74. The van der Waals surface area contributed by atoms with E-state index in [0.717, 1.165) is 0 Å². The lowest BCUT2D eigenvalue weighted by molar-refractivity contribution is 0.199. The van der Waals surface area contributed by atoms with E-state index in [4.69, 9.17) is 16.3 Å². The molecule has 0 unspecified atom stereocenters. The Morgan fingerprint density at radius 2 is 1.88 bits per heavy atom. The molecule has 0 fully saturated rings. The number of methoxy groups -OCH3 is 1. The van der Waals surface area contributed by atoms with Crippen molar-refractivity contribution in [1.29, 1.82) is 0 Å². The van der Waals surface area contributed by atoms with Gasteiger partial charge < -0.3 is 4.74 Å². The summed E-state index contributed by atoms with van der Waals surface area (Å²) >= 11 is 5.84. The molecule has 0 saturated heterocycles.